The molecule has 2 aromatic rings. The third-order valence-corrected chi connectivity index (χ3v) is 5.13. The van der Waals surface area contributed by atoms with E-state index in [0.717, 1.165) is 37.1 Å². The molecule has 3 rings (SSSR count). The van der Waals surface area contributed by atoms with Crippen molar-refractivity contribution in [2.24, 2.45) is 0 Å². The largest absolute Gasteiger partial charge is 0.372 e. The van der Waals surface area contributed by atoms with E-state index in [9.17, 15) is 4.79 Å². The quantitative estimate of drug-likeness (QED) is 0.851. The van der Waals surface area contributed by atoms with Gasteiger partial charge < -0.3 is 10.2 Å². The highest BCUT2D eigenvalue weighted by molar-refractivity contribution is 5.94. The van der Waals surface area contributed by atoms with Crippen molar-refractivity contribution in [3.05, 3.63) is 64.7 Å². The van der Waals surface area contributed by atoms with Gasteiger partial charge in [0.15, 0.2) is 0 Å². The Labute approximate surface area is 151 Å². The maximum atomic E-state index is 12.5. The van der Waals surface area contributed by atoms with Gasteiger partial charge in [0, 0.05) is 30.9 Å². The molecular formula is C22H28N2O. The average Bonchev–Trinajstić information content (AvgIpc) is 2.67. The van der Waals surface area contributed by atoms with Crippen molar-refractivity contribution >= 4 is 11.6 Å². The molecule has 0 spiro atoms. The van der Waals surface area contributed by atoms with Gasteiger partial charge in [0.2, 0.25) is 0 Å². The van der Waals surface area contributed by atoms with Crippen LogP contribution in [0.25, 0.3) is 0 Å². The highest BCUT2D eigenvalue weighted by Crippen LogP contribution is 2.22. The molecule has 1 N–H and O–H groups in total. The Morgan fingerprint density at radius 2 is 1.64 bits per heavy atom. The Hall–Kier alpha value is -2.29. The molecule has 3 heteroatoms. The zero-order valence-electron chi connectivity index (χ0n) is 15.3. The number of nitrogens with zero attached hydrogens (tertiary/aromatic N) is 1. The van der Waals surface area contributed by atoms with Gasteiger partial charge in [0.05, 0.1) is 0 Å². The van der Waals surface area contributed by atoms with Crippen LogP contribution in [-0.4, -0.2) is 19.0 Å². The number of benzene rings is 2. The van der Waals surface area contributed by atoms with Crippen molar-refractivity contribution in [1.29, 1.82) is 0 Å². The maximum Gasteiger partial charge on any atom is 0.251 e. The molecule has 0 bridgehead atoms. The fraction of sp³-hybridized carbons (Fsp3) is 0.409. The van der Waals surface area contributed by atoms with E-state index >= 15 is 0 Å². The second kappa shape index (κ2) is 8.19. The van der Waals surface area contributed by atoms with Crippen LogP contribution >= 0.6 is 0 Å². The van der Waals surface area contributed by atoms with Crippen LogP contribution < -0.4 is 10.2 Å². The minimum absolute atomic E-state index is 0.0150. The molecule has 0 aromatic heterocycles. The summed E-state index contributed by atoms with van der Waals surface area (Å²) in [5.41, 5.74) is 5.90. The lowest BCUT2D eigenvalue weighted by Gasteiger charge is -2.21. The van der Waals surface area contributed by atoms with E-state index < -0.39 is 0 Å². The molecule has 0 heterocycles. The number of aryl methyl sites for hydroxylation is 2. The first-order valence-electron chi connectivity index (χ1n) is 9.45. The predicted octanol–water partition coefficient (Wildman–Crippen LogP) is 4.34. The minimum Gasteiger partial charge on any atom is -0.372 e. The van der Waals surface area contributed by atoms with Crippen molar-refractivity contribution in [1.82, 2.24) is 5.32 Å². The Kier molecular flexibility index (Phi) is 5.75. The third-order valence-electron chi connectivity index (χ3n) is 5.13. The zero-order valence-corrected chi connectivity index (χ0v) is 15.3. The van der Waals surface area contributed by atoms with Gasteiger partial charge in [-0.15, -0.1) is 0 Å². The molecule has 0 saturated heterocycles. The summed E-state index contributed by atoms with van der Waals surface area (Å²) in [6.07, 6.45) is 4.75. The summed E-state index contributed by atoms with van der Waals surface area (Å²) in [5.74, 6) is 0.0150. The number of anilines is 1. The van der Waals surface area contributed by atoms with Gasteiger partial charge >= 0.3 is 0 Å². The first-order valence-corrected chi connectivity index (χ1v) is 9.45. The zero-order chi connectivity index (χ0) is 17.6. The standard InChI is InChI=1S/C22H28N2O/c1-3-24(4-2)21-13-9-17(10-14-21)16-23-22(25)20-12-11-18-7-5-6-8-19(18)15-20/h9-15H,3-8,16H2,1-2H3,(H,23,25). The highest BCUT2D eigenvalue weighted by atomic mass is 16.1. The number of nitrogens with one attached hydrogen (secondary N) is 1. The Morgan fingerprint density at radius 1 is 0.960 bits per heavy atom. The number of amides is 1. The van der Waals surface area contributed by atoms with Crippen LogP contribution in [0.4, 0.5) is 5.69 Å². The first-order chi connectivity index (χ1) is 12.2. The lowest BCUT2D eigenvalue weighted by atomic mass is 9.90. The number of fused-ring (bicyclic) bond motifs is 1. The minimum atomic E-state index is 0.0150. The SMILES string of the molecule is CCN(CC)c1ccc(CNC(=O)c2ccc3c(c2)CCCC3)cc1. The molecule has 2 aromatic carbocycles. The van der Waals surface area contributed by atoms with E-state index in [1.807, 2.05) is 6.07 Å². The molecule has 0 unspecified atom stereocenters. The van der Waals surface area contributed by atoms with Crippen LogP contribution in [0.15, 0.2) is 42.5 Å². The summed E-state index contributed by atoms with van der Waals surface area (Å²) in [6, 6.07) is 14.6. The van der Waals surface area contributed by atoms with Crippen LogP contribution in [-0.2, 0) is 19.4 Å². The number of hydrogen-bond donors (Lipinski definition) is 1. The van der Waals surface area contributed by atoms with Gasteiger partial charge in [-0.3, -0.25) is 4.79 Å². The van der Waals surface area contributed by atoms with Crippen molar-refractivity contribution in [2.45, 2.75) is 46.1 Å². The highest BCUT2D eigenvalue weighted by Gasteiger charge is 2.12. The van der Waals surface area contributed by atoms with E-state index in [4.69, 9.17) is 0 Å². The van der Waals surface area contributed by atoms with E-state index in [-0.39, 0.29) is 5.91 Å². The van der Waals surface area contributed by atoms with Crippen LogP contribution in [0.5, 0.6) is 0 Å². The molecule has 25 heavy (non-hydrogen) atoms. The van der Waals surface area contributed by atoms with Crippen LogP contribution in [0.2, 0.25) is 0 Å². The smallest absolute Gasteiger partial charge is 0.251 e. The van der Waals surface area contributed by atoms with Crippen LogP contribution in [0.1, 0.15) is 53.7 Å². The average molecular weight is 336 g/mol. The van der Waals surface area contributed by atoms with Gasteiger partial charge in [-0.1, -0.05) is 18.2 Å². The molecule has 0 aliphatic heterocycles. The van der Waals surface area contributed by atoms with Crippen molar-refractivity contribution < 1.29 is 4.79 Å². The molecule has 1 aliphatic rings. The second-order valence-corrected chi connectivity index (χ2v) is 6.71. The summed E-state index contributed by atoms with van der Waals surface area (Å²) in [7, 11) is 0. The summed E-state index contributed by atoms with van der Waals surface area (Å²) in [5, 5.41) is 3.05. The maximum absolute atomic E-state index is 12.5. The van der Waals surface area contributed by atoms with Crippen LogP contribution in [0, 0.1) is 0 Å². The monoisotopic (exact) mass is 336 g/mol. The first kappa shape index (κ1) is 17.5. The van der Waals surface area contributed by atoms with Gasteiger partial charge in [-0.2, -0.15) is 0 Å². The Morgan fingerprint density at radius 3 is 2.32 bits per heavy atom. The lowest BCUT2D eigenvalue weighted by Crippen LogP contribution is -2.24. The van der Waals surface area contributed by atoms with Gasteiger partial charge in [-0.05, 0) is 80.5 Å². The molecule has 0 radical (unpaired) electrons. The fourth-order valence-electron chi connectivity index (χ4n) is 3.57. The summed E-state index contributed by atoms with van der Waals surface area (Å²) in [6.45, 7) is 6.90. The van der Waals surface area contributed by atoms with E-state index in [2.05, 4.69) is 60.5 Å². The second-order valence-electron chi connectivity index (χ2n) is 6.71. The predicted molar refractivity (Wildman–Crippen MR) is 104 cm³/mol. The summed E-state index contributed by atoms with van der Waals surface area (Å²) < 4.78 is 0. The van der Waals surface area contributed by atoms with Gasteiger partial charge in [-0.25, -0.2) is 0 Å². The molecule has 0 atom stereocenters. The van der Waals surface area contributed by atoms with Gasteiger partial charge in [0.25, 0.3) is 5.91 Å². The molecular weight excluding hydrogens is 308 g/mol. The Bertz CT molecular complexity index is 717. The van der Waals surface area contributed by atoms with Crippen molar-refractivity contribution in [3.63, 3.8) is 0 Å². The third kappa shape index (κ3) is 4.22. The molecule has 0 fully saturated rings. The molecule has 1 aliphatic carbocycles. The van der Waals surface area contributed by atoms with E-state index in [1.54, 1.807) is 0 Å². The number of carbonyl (C=O) groups is 1. The summed E-state index contributed by atoms with van der Waals surface area (Å²) >= 11 is 0. The number of carbonyl (C=O) groups excluding carboxylic acids is 1. The lowest BCUT2D eigenvalue weighted by molar-refractivity contribution is 0.0951. The van der Waals surface area contributed by atoms with Gasteiger partial charge in [0.1, 0.15) is 0 Å². The molecule has 1 amide bonds. The van der Waals surface area contributed by atoms with Crippen molar-refractivity contribution in [3.8, 4) is 0 Å². The molecule has 3 nitrogen and oxygen atoms in total. The number of hydrogen-bond acceptors (Lipinski definition) is 2. The van der Waals surface area contributed by atoms with E-state index in [0.29, 0.717) is 6.54 Å². The van der Waals surface area contributed by atoms with Crippen molar-refractivity contribution in [2.75, 3.05) is 18.0 Å². The van der Waals surface area contributed by atoms with E-state index in [1.165, 1.54) is 29.7 Å². The number of rotatable bonds is 6. The normalized spacial score (nSPS) is 13.2. The fourth-order valence-corrected chi connectivity index (χ4v) is 3.57. The summed E-state index contributed by atoms with van der Waals surface area (Å²) in [4.78, 5) is 14.8. The Balaban J connectivity index is 1.60. The topological polar surface area (TPSA) is 32.3 Å². The molecule has 0 saturated carbocycles. The van der Waals surface area contributed by atoms with Crippen LogP contribution in [0.3, 0.4) is 0 Å². The molecule has 132 valence electrons.